The summed E-state index contributed by atoms with van der Waals surface area (Å²) in [5, 5.41) is 4.88. The summed E-state index contributed by atoms with van der Waals surface area (Å²) in [5.41, 5.74) is 1.07. The number of methoxy groups -OCH3 is 1. The van der Waals surface area contributed by atoms with E-state index in [0.717, 1.165) is 8.04 Å². The molecule has 10 heteroatoms. The first-order valence-corrected chi connectivity index (χ1v) is 12.1. The van der Waals surface area contributed by atoms with E-state index < -0.39 is 5.97 Å². The third kappa shape index (κ3) is 6.11. The number of aromatic nitrogens is 2. The van der Waals surface area contributed by atoms with Crippen molar-refractivity contribution in [3.05, 3.63) is 60.1 Å². The van der Waals surface area contributed by atoms with Crippen LogP contribution in [0.15, 0.2) is 44.7 Å². The molecular weight excluding hydrogens is 605 g/mol. The number of aryl methyl sites for hydroxylation is 1. The van der Waals surface area contributed by atoms with Crippen LogP contribution in [0, 0.1) is 3.57 Å². The molecule has 0 N–H and O–H groups in total. The maximum atomic E-state index is 13.0. The molecule has 1 heterocycles. The maximum Gasteiger partial charge on any atom is 0.344 e. The molecule has 33 heavy (non-hydrogen) atoms. The van der Waals surface area contributed by atoms with Crippen LogP contribution in [0.3, 0.4) is 0 Å². The number of fused-ring (bicyclic) bond motifs is 1. The molecule has 3 rings (SSSR count). The number of esters is 1. The Morgan fingerprint density at radius 2 is 2.06 bits per heavy atom. The predicted octanol–water partition coefficient (Wildman–Crippen LogP) is 4.55. The molecule has 1 aromatic heterocycles. The van der Waals surface area contributed by atoms with Crippen molar-refractivity contribution in [2.24, 2.45) is 5.10 Å². The van der Waals surface area contributed by atoms with E-state index in [0.29, 0.717) is 40.2 Å². The third-order valence-electron chi connectivity index (χ3n) is 4.47. The zero-order chi connectivity index (χ0) is 24.1. The topological polar surface area (TPSA) is 92.0 Å². The second kappa shape index (κ2) is 11.1. The minimum atomic E-state index is -0.463. The van der Waals surface area contributed by atoms with Crippen molar-refractivity contribution in [2.45, 2.75) is 33.3 Å². The summed E-state index contributed by atoms with van der Waals surface area (Å²) < 4.78 is 19.0. The predicted molar refractivity (Wildman–Crippen MR) is 139 cm³/mol. The molecule has 0 bridgehead atoms. The molecule has 174 valence electrons. The normalized spacial score (nSPS) is 11.4. The summed E-state index contributed by atoms with van der Waals surface area (Å²) in [4.78, 5) is 29.4. The highest BCUT2D eigenvalue weighted by Gasteiger charge is 2.15. The van der Waals surface area contributed by atoms with Gasteiger partial charge in [-0.1, -0.05) is 22.9 Å². The molecule has 0 saturated carbocycles. The Balaban J connectivity index is 1.94. The molecule has 8 nitrogen and oxygen atoms in total. The fraction of sp³-hybridized carbons (Fsp3) is 0.304. The van der Waals surface area contributed by atoms with E-state index in [1.165, 1.54) is 11.8 Å². The highest BCUT2D eigenvalue weighted by Crippen LogP contribution is 2.33. The zero-order valence-corrected chi connectivity index (χ0v) is 22.3. The molecule has 2 aromatic carbocycles. The van der Waals surface area contributed by atoms with E-state index in [1.807, 2.05) is 19.1 Å². The van der Waals surface area contributed by atoms with Gasteiger partial charge in [-0.3, -0.25) is 4.79 Å². The lowest BCUT2D eigenvalue weighted by atomic mass is 10.2. The van der Waals surface area contributed by atoms with Gasteiger partial charge in [0.2, 0.25) is 0 Å². The van der Waals surface area contributed by atoms with Crippen LogP contribution in [0.4, 0.5) is 0 Å². The van der Waals surface area contributed by atoms with Crippen molar-refractivity contribution in [3.8, 4) is 11.5 Å². The molecule has 0 aliphatic carbocycles. The lowest BCUT2D eigenvalue weighted by Crippen LogP contribution is -2.22. The Bertz CT molecular complexity index is 1270. The second-order valence-electron chi connectivity index (χ2n) is 7.27. The maximum absolute atomic E-state index is 13.0. The van der Waals surface area contributed by atoms with Gasteiger partial charge in [-0.25, -0.2) is 9.78 Å². The van der Waals surface area contributed by atoms with Gasteiger partial charge in [0.05, 0.1) is 33.9 Å². The van der Waals surface area contributed by atoms with Crippen molar-refractivity contribution in [3.63, 3.8) is 0 Å². The Morgan fingerprint density at radius 3 is 2.73 bits per heavy atom. The quantitative estimate of drug-likeness (QED) is 0.207. The van der Waals surface area contributed by atoms with Gasteiger partial charge < -0.3 is 14.2 Å². The molecule has 0 aliphatic rings. The number of carbonyl (C=O) groups excluding carboxylic acids is 1. The monoisotopic (exact) mass is 627 g/mol. The molecule has 0 atom stereocenters. The Kier molecular flexibility index (Phi) is 8.46. The summed E-state index contributed by atoms with van der Waals surface area (Å²) in [7, 11) is 1.51. The minimum Gasteiger partial charge on any atom is -0.493 e. The van der Waals surface area contributed by atoms with Crippen molar-refractivity contribution < 1.29 is 19.0 Å². The Hall–Kier alpha value is -2.47. The summed E-state index contributed by atoms with van der Waals surface area (Å²) in [6.07, 6.45) is 1.88. The largest absolute Gasteiger partial charge is 0.493 e. The SMILES string of the molecule is CCc1nc2ccc(Br)cc2c(=O)n1N=Cc1cc(I)c(OCC(=O)OC(C)C)c(OC)c1. The fourth-order valence-electron chi connectivity index (χ4n) is 3.05. The van der Waals surface area contributed by atoms with Gasteiger partial charge >= 0.3 is 5.97 Å². The zero-order valence-electron chi connectivity index (χ0n) is 18.6. The van der Waals surface area contributed by atoms with Crippen molar-refractivity contribution in [1.29, 1.82) is 0 Å². The van der Waals surface area contributed by atoms with Gasteiger partial charge in [0.15, 0.2) is 18.1 Å². The Labute approximate surface area is 213 Å². The number of hydrogen-bond donors (Lipinski definition) is 0. The van der Waals surface area contributed by atoms with E-state index in [-0.39, 0.29) is 18.3 Å². The first-order valence-electron chi connectivity index (χ1n) is 10.2. The van der Waals surface area contributed by atoms with Gasteiger partial charge in [-0.2, -0.15) is 9.78 Å². The van der Waals surface area contributed by atoms with E-state index in [4.69, 9.17) is 14.2 Å². The lowest BCUT2D eigenvalue weighted by molar-refractivity contribution is -0.149. The average molecular weight is 628 g/mol. The first-order chi connectivity index (χ1) is 15.7. The molecule has 0 amide bonds. The molecular formula is C23H23BrIN3O5. The van der Waals surface area contributed by atoms with Gasteiger partial charge in [0, 0.05) is 10.9 Å². The number of rotatable bonds is 8. The molecule has 3 aromatic rings. The summed E-state index contributed by atoms with van der Waals surface area (Å²) >= 11 is 5.49. The number of benzene rings is 2. The van der Waals surface area contributed by atoms with Crippen molar-refractivity contribution >= 4 is 61.6 Å². The van der Waals surface area contributed by atoms with Gasteiger partial charge in [-0.05, 0) is 72.3 Å². The van der Waals surface area contributed by atoms with E-state index in [2.05, 4.69) is 48.6 Å². The number of hydrogen-bond acceptors (Lipinski definition) is 7. The van der Waals surface area contributed by atoms with Crippen molar-refractivity contribution in [1.82, 2.24) is 9.66 Å². The summed E-state index contributed by atoms with van der Waals surface area (Å²) in [6, 6.07) is 8.92. The van der Waals surface area contributed by atoms with Crippen molar-refractivity contribution in [2.75, 3.05) is 13.7 Å². The van der Waals surface area contributed by atoms with Crippen LogP contribution in [-0.4, -0.2) is 41.7 Å². The van der Waals surface area contributed by atoms with E-state index >= 15 is 0 Å². The number of ether oxygens (including phenoxy) is 3. The first kappa shape index (κ1) is 25.2. The minimum absolute atomic E-state index is 0.220. The highest BCUT2D eigenvalue weighted by molar-refractivity contribution is 14.1. The third-order valence-corrected chi connectivity index (χ3v) is 5.76. The van der Waals surface area contributed by atoms with E-state index in [9.17, 15) is 9.59 Å². The molecule has 0 saturated heterocycles. The summed E-state index contributed by atoms with van der Waals surface area (Å²) in [6.45, 7) is 5.23. The fourth-order valence-corrected chi connectivity index (χ4v) is 4.19. The van der Waals surface area contributed by atoms with Gasteiger partial charge in [0.1, 0.15) is 5.82 Å². The number of halogens is 2. The Morgan fingerprint density at radius 1 is 1.30 bits per heavy atom. The molecule has 0 spiro atoms. The smallest absolute Gasteiger partial charge is 0.344 e. The van der Waals surface area contributed by atoms with Crippen LogP contribution in [0.25, 0.3) is 10.9 Å². The van der Waals surface area contributed by atoms with Crippen LogP contribution in [0.5, 0.6) is 11.5 Å². The van der Waals surface area contributed by atoms with Crippen LogP contribution in [-0.2, 0) is 16.0 Å². The van der Waals surface area contributed by atoms with Crippen LogP contribution >= 0.6 is 38.5 Å². The summed E-state index contributed by atoms with van der Waals surface area (Å²) in [5.74, 6) is 0.954. The molecule has 0 unspecified atom stereocenters. The van der Waals surface area contributed by atoms with E-state index in [1.54, 1.807) is 38.3 Å². The number of nitrogens with zero attached hydrogens (tertiary/aromatic N) is 3. The van der Waals surface area contributed by atoms with Crippen LogP contribution in [0.2, 0.25) is 0 Å². The highest BCUT2D eigenvalue weighted by atomic mass is 127. The molecule has 0 radical (unpaired) electrons. The lowest BCUT2D eigenvalue weighted by Gasteiger charge is -2.14. The number of carbonyl (C=O) groups is 1. The van der Waals surface area contributed by atoms with Gasteiger partial charge in [-0.15, -0.1) is 0 Å². The molecule has 0 aliphatic heterocycles. The average Bonchev–Trinajstić information content (AvgIpc) is 2.77. The van der Waals surface area contributed by atoms with Gasteiger partial charge in [0.25, 0.3) is 5.56 Å². The van der Waals surface area contributed by atoms with Crippen LogP contribution < -0.4 is 15.0 Å². The molecule has 0 fully saturated rings. The standard InChI is InChI=1S/C23H23BrIN3O5/c1-5-20-27-18-7-6-15(24)10-16(18)23(30)28(20)26-11-14-8-17(25)22(19(9-14)31-4)32-12-21(29)33-13(2)3/h6-11,13H,5,12H2,1-4H3. The second-order valence-corrected chi connectivity index (χ2v) is 9.34. The van der Waals surface area contributed by atoms with Crippen LogP contribution in [0.1, 0.15) is 32.2 Å².